The molecule has 1 aromatic carbocycles. The van der Waals surface area contributed by atoms with Gasteiger partial charge in [-0.3, -0.25) is 9.59 Å². The minimum Gasteiger partial charge on any atom is -0.480 e. The van der Waals surface area contributed by atoms with Crippen molar-refractivity contribution in [3.63, 3.8) is 0 Å². The van der Waals surface area contributed by atoms with Crippen molar-refractivity contribution in [2.75, 3.05) is 25.9 Å². The van der Waals surface area contributed by atoms with Gasteiger partial charge in [-0.1, -0.05) is 30.3 Å². The van der Waals surface area contributed by atoms with Gasteiger partial charge in [-0.15, -0.1) is 0 Å². The second kappa shape index (κ2) is 10.6. The first-order valence-electron chi connectivity index (χ1n) is 12.9. The average Bonchev–Trinajstić information content (AvgIpc) is 3.54. The number of nitrogens with one attached hydrogen (secondary N) is 1. The third-order valence-corrected chi connectivity index (χ3v) is 7.36. The smallest absolute Gasteiger partial charge is 0.418 e. The molecule has 2 amide bonds. The van der Waals surface area contributed by atoms with Gasteiger partial charge in [-0.05, 0) is 31.5 Å². The molecule has 0 saturated carbocycles. The molecule has 0 radical (unpaired) electrons. The van der Waals surface area contributed by atoms with Crippen LogP contribution >= 0.6 is 0 Å². The molecule has 4 heterocycles. The number of likely N-dealkylation sites (tertiary alicyclic amines) is 1. The predicted molar refractivity (Wildman–Crippen MR) is 144 cm³/mol. The number of hydrogen-bond acceptors (Lipinski definition) is 7. The Morgan fingerprint density at radius 2 is 1.81 bits per heavy atom. The molecule has 5 rings (SSSR count). The number of aromatic nitrogens is 4. The first-order valence-corrected chi connectivity index (χ1v) is 12.9. The molecule has 42 heavy (non-hydrogen) atoms. The summed E-state index contributed by atoms with van der Waals surface area (Å²) in [5, 5.41) is 6.50. The number of benzene rings is 1. The first-order chi connectivity index (χ1) is 19.8. The van der Waals surface area contributed by atoms with Crippen LogP contribution in [0.4, 0.5) is 23.4 Å². The molecular weight excluding hydrogens is 558 g/mol. The number of amides is 2. The molecule has 3 N–H and O–H groups in total. The van der Waals surface area contributed by atoms with Crippen LogP contribution in [0.3, 0.4) is 0 Å². The number of halogens is 4. The van der Waals surface area contributed by atoms with Crippen molar-refractivity contribution >= 4 is 23.1 Å². The Morgan fingerprint density at radius 3 is 2.48 bits per heavy atom. The number of alkyl halides is 4. The van der Waals surface area contributed by atoms with Gasteiger partial charge in [0.1, 0.15) is 23.6 Å². The maximum absolute atomic E-state index is 15.1. The average molecular weight is 586 g/mol. The third kappa shape index (κ3) is 5.08. The van der Waals surface area contributed by atoms with Crippen LogP contribution < -0.4 is 15.8 Å². The summed E-state index contributed by atoms with van der Waals surface area (Å²) in [7, 11) is 1.26. The number of rotatable bonds is 6. The maximum Gasteiger partial charge on any atom is 0.418 e. The molecule has 0 spiro atoms. The van der Waals surface area contributed by atoms with E-state index in [0.29, 0.717) is 0 Å². The molecule has 2 atom stereocenters. The molecule has 3 aromatic heterocycles. The van der Waals surface area contributed by atoms with E-state index in [0.717, 1.165) is 22.5 Å². The van der Waals surface area contributed by atoms with E-state index in [1.54, 1.807) is 13.8 Å². The van der Waals surface area contributed by atoms with E-state index in [2.05, 4.69) is 20.4 Å². The lowest BCUT2D eigenvalue weighted by molar-refractivity contribution is -0.136. The topological polar surface area (TPSA) is 128 Å². The third-order valence-electron chi connectivity index (χ3n) is 7.36. The number of pyridine rings is 1. The molecule has 1 aliphatic heterocycles. The zero-order valence-electron chi connectivity index (χ0n) is 22.8. The van der Waals surface area contributed by atoms with Gasteiger partial charge < -0.3 is 20.7 Å². The van der Waals surface area contributed by atoms with E-state index < -0.39 is 40.8 Å². The zero-order chi connectivity index (χ0) is 30.4. The van der Waals surface area contributed by atoms with Crippen LogP contribution in [0.2, 0.25) is 0 Å². The fraction of sp³-hybridized carbons (Fsp3) is 0.321. The second-order valence-corrected chi connectivity index (χ2v) is 10.4. The Labute approximate surface area is 237 Å². The lowest BCUT2D eigenvalue weighted by Crippen LogP contribution is -2.45. The molecule has 0 unspecified atom stereocenters. The SMILES string of the molecule is COc1ncc(-c2cc(C(F)(F)F)c3c(N)ncnn23)cc1C(=O)N[C@@H]1CN(C(=O)C(C)(C)c2ccccc2)C[C@@H]1F. The van der Waals surface area contributed by atoms with Gasteiger partial charge >= 0.3 is 6.18 Å². The lowest BCUT2D eigenvalue weighted by atomic mass is 9.83. The highest BCUT2D eigenvalue weighted by Crippen LogP contribution is 2.39. The van der Waals surface area contributed by atoms with Gasteiger partial charge in [0.15, 0.2) is 5.82 Å². The van der Waals surface area contributed by atoms with E-state index in [9.17, 15) is 22.8 Å². The van der Waals surface area contributed by atoms with Crippen LogP contribution in [0.15, 0.2) is 55.0 Å². The largest absolute Gasteiger partial charge is 0.480 e. The van der Waals surface area contributed by atoms with Crippen LogP contribution in [0.25, 0.3) is 16.8 Å². The summed E-state index contributed by atoms with van der Waals surface area (Å²) >= 11 is 0. The summed E-state index contributed by atoms with van der Waals surface area (Å²) in [5.41, 5.74) is 3.95. The highest BCUT2D eigenvalue weighted by atomic mass is 19.4. The van der Waals surface area contributed by atoms with Crippen LogP contribution in [0.5, 0.6) is 5.88 Å². The predicted octanol–water partition coefficient (Wildman–Crippen LogP) is 3.66. The number of carbonyl (C=O) groups excluding carboxylic acids is 2. The maximum atomic E-state index is 15.1. The number of anilines is 1. The molecule has 14 heteroatoms. The molecule has 220 valence electrons. The van der Waals surface area contributed by atoms with E-state index >= 15 is 4.39 Å². The quantitative estimate of drug-likeness (QED) is 0.331. The van der Waals surface area contributed by atoms with Crippen molar-refractivity contribution in [2.45, 2.75) is 37.7 Å². The molecule has 10 nitrogen and oxygen atoms in total. The summed E-state index contributed by atoms with van der Waals surface area (Å²) in [4.78, 5) is 35.8. The summed E-state index contributed by atoms with van der Waals surface area (Å²) in [6, 6.07) is 10.2. The van der Waals surface area contributed by atoms with Crippen LogP contribution in [-0.2, 0) is 16.4 Å². The van der Waals surface area contributed by atoms with Crippen molar-refractivity contribution < 1.29 is 31.9 Å². The molecular formula is C28H27F4N7O3. The number of methoxy groups -OCH3 is 1. The normalized spacial score (nSPS) is 17.5. The first kappa shape index (κ1) is 28.8. The number of fused-ring (bicyclic) bond motifs is 1. The second-order valence-electron chi connectivity index (χ2n) is 10.4. The minimum absolute atomic E-state index is 0.0558. The van der Waals surface area contributed by atoms with Crippen molar-refractivity contribution in [1.82, 2.24) is 29.8 Å². The van der Waals surface area contributed by atoms with Gasteiger partial charge in [0.05, 0.1) is 36.4 Å². The fourth-order valence-corrected chi connectivity index (χ4v) is 5.09. The molecule has 0 aliphatic carbocycles. The van der Waals surface area contributed by atoms with E-state index in [1.807, 2.05) is 30.3 Å². The minimum atomic E-state index is -4.76. The molecule has 0 bridgehead atoms. The molecule has 1 fully saturated rings. The zero-order valence-corrected chi connectivity index (χ0v) is 22.8. The van der Waals surface area contributed by atoms with E-state index in [4.69, 9.17) is 10.5 Å². The Balaban J connectivity index is 1.42. The fourth-order valence-electron chi connectivity index (χ4n) is 5.09. The van der Waals surface area contributed by atoms with Gasteiger partial charge in [0.2, 0.25) is 11.8 Å². The number of hydrogen-bond donors (Lipinski definition) is 2. The summed E-state index contributed by atoms with van der Waals surface area (Å²) in [6.07, 6.45) is -4.10. The van der Waals surface area contributed by atoms with Crippen molar-refractivity contribution in [3.05, 3.63) is 71.7 Å². The van der Waals surface area contributed by atoms with Crippen molar-refractivity contribution in [2.24, 2.45) is 0 Å². The van der Waals surface area contributed by atoms with Gasteiger partial charge in [0.25, 0.3) is 5.91 Å². The van der Waals surface area contributed by atoms with Crippen molar-refractivity contribution in [3.8, 4) is 17.1 Å². The van der Waals surface area contributed by atoms with E-state index in [-0.39, 0.29) is 47.5 Å². The number of nitrogens with two attached hydrogens (primary N) is 1. The molecule has 1 saturated heterocycles. The highest BCUT2D eigenvalue weighted by Gasteiger charge is 2.42. The van der Waals surface area contributed by atoms with Gasteiger partial charge in [-0.25, -0.2) is 18.9 Å². The number of ether oxygens (including phenoxy) is 1. The number of nitrogens with zero attached hydrogens (tertiary/aromatic N) is 5. The summed E-state index contributed by atoms with van der Waals surface area (Å²) in [5.74, 6) is -1.59. The Kier molecular flexibility index (Phi) is 7.25. The standard InChI is InChI=1S/C28H27F4N7O3/c1-27(2,16-7-5-4-6-8-16)26(41)38-12-19(29)20(13-38)37-24(40)17-9-15(11-34-25(17)42-3)21-10-18(28(30,31)32)22-23(33)35-14-36-39(21)22/h4-11,14,19-20H,12-13H2,1-3H3,(H,37,40)(H2,33,35,36)/t19-,20+/m0/s1. The summed E-state index contributed by atoms with van der Waals surface area (Å²) < 4.78 is 62.7. The summed E-state index contributed by atoms with van der Waals surface area (Å²) in [6.45, 7) is 3.21. The highest BCUT2D eigenvalue weighted by molar-refractivity contribution is 5.98. The molecule has 4 aromatic rings. The molecule has 1 aliphatic rings. The van der Waals surface area contributed by atoms with E-state index in [1.165, 1.54) is 24.3 Å². The van der Waals surface area contributed by atoms with Crippen LogP contribution in [0, 0.1) is 0 Å². The van der Waals surface area contributed by atoms with Gasteiger partial charge in [-0.2, -0.15) is 18.3 Å². The lowest BCUT2D eigenvalue weighted by Gasteiger charge is -2.29. The Hall–Kier alpha value is -4.75. The van der Waals surface area contributed by atoms with Crippen molar-refractivity contribution in [1.29, 1.82) is 0 Å². The van der Waals surface area contributed by atoms with Gasteiger partial charge in [0, 0.05) is 18.3 Å². The monoisotopic (exact) mass is 585 g/mol. The Bertz CT molecular complexity index is 1660. The Morgan fingerprint density at radius 1 is 1.10 bits per heavy atom. The number of nitrogen functional groups attached to an aromatic ring is 1. The van der Waals surface area contributed by atoms with Crippen LogP contribution in [-0.4, -0.2) is 68.7 Å². The number of carbonyl (C=O) groups is 2. The van der Waals surface area contributed by atoms with Crippen LogP contribution in [0.1, 0.15) is 35.3 Å².